The maximum absolute atomic E-state index is 13.0. The number of hydrogen-bond acceptors (Lipinski definition) is 5. The largest absolute Gasteiger partial charge is 0.493 e. The van der Waals surface area contributed by atoms with Crippen molar-refractivity contribution in [1.82, 2.24) is 9.80 Å². The summed E-state index contributed by atoms with van der Waals surface area (Å²) in [5.74, 6) is 0.595. The summed E-state index contributed by atoms with van der Waals surface area (Å²) in [4.78, 5) is 28.4. The smallest absolute Gasteiger partial charge is 0.409 e. The van der Waals surface area contributed by atoms with Gasteiger partial charge in [-0.2, -0.15) is 0 Å². The van der Waals surface area contributed by atoms with E-state index >= 15 is 0 Å². The first kappa shape index (κ1) is 24.4. The molecule has 0 radical (unpaired) electrons. The van der Waals surface area contributed by atoms with Gasteiger partial charge in [-0.25, -0.2) is 4.79 Å². The molecule has 7 heteroatoms. The molecule has 184 valence electrons. The van der Waals surface area contributed by atoms with Crippen LogP contribution in [0.4, 0.5) is 4.79 Å². The summed E-state index contributed by atoms with van der Waals surface area (Å²) in [6.07, 6.45) is 3.09. The lowest BCUT2D eigenvalue weighted by Gasteiger charge is -2.33. The normalized spacial score (nSPS) is 14.3. The Kier molecular flexibility index (Phi) is 7.44. The van der Waals surface area contributed by atoms with Crippen molar-refractivity contribution < 1.29 is 23.5 Å². The van der Waals surface area contributed by atoms with E-state index in [-0.39, 0.29) is 12.0 Å². The monoisotopic (exact) mass is 476 g/mol. The number of allylic oxidation sites excluding steroid dienone is 1. The van der Waals surface area contributed by atoms with E-state index in [0.29, 0.717) is 45.1 Å². The number of hydrogen-bond donors (Lipinski definition) is 0. The summed E-state index contributed by atoms with van der Waals surface area (Å²) in [7, 11) is 0. The van der Waals surface area contributed by atoms with Gasteiger partial charge >= 0.3 is 6.09 Å². The summed E-state index contributed by atoms with van der Waals surface area (Å²) in [5, 5.41) is 0.968. The van der Waals surface area contributed by atoms with E-state index in [1.54, 1.807) is 29.1 Å². The molecule has 0 bridgehead atoms. The SMILES string of the molecule is CCOC(=O)N1CCN(C(=O)/C=C(\C)c2cc3c(-c4ccc(C)cc4)coc3cc2OCC)CC1. The van der Waals surface area contributed by atoms with E-state index in [0.717, 1.165) is 33.2 Å². The maximum Gasteiger partial charge on any atom is 0.409 e. The first-order valence-corrected chi connectivity index (χ1v) is 12.1. The molecule has 1 aliphatic rings. The molecule has 0 saturated carbocycles. The molecule has 0 atom stereocenters. The number of piperazine rings is 1. The molecule has 2 aromatic carbocycles. The van der Waals surface area contributed by atoms with Gasteiger partial charge in [-0.1, -0.05) is 29.8 Å². The molecule has 2 heterocycles. The van der Waals surface area contributed by atoms with Gasteiger partial charge < -0.3 is 23.7 Å². The Hall–Kier alpha value is -3.74. The number of carbonyl (C=O) groups is 2. The summed E-state index contributed by atoms with van der Waals surface area (Å²) in [5.41, 5.74) is 5.67. The van der Waals surface area contributed by atoms with Crippen LogP contribution in [0.15, 0.2) is 53.2 Å². The highest BCUT2D eigenvalue weighted by atomic mass is 16.6. The second kappa shape index (κ2) is 10.7. The fourth-order valence-electron chi connectivity index (χ4n) is 4.27. The van der Waals surface area contributed by atoms with Crippen LogP contribution in [0, 0.1) is 6.92 Å². The van der Waals surface area contributed by atoms with Crippen LogP contribution >= 0.6 is 0 Å². The molecule has 2 amide bonds. The first-order chi connectivity index (χ1) is 16.9. The van der Waals surface area contributed by atoms with Crippen molar-refractivity contribution in [3.8, 4) is 16.9 Å². The maximum atomic E-state index is 13.0. The number of ether oxygens (including phenoxy) is 2. The molecular weight excluding hydrogens is 444 g/mol. The molecule has 3 aromatic rings. The van der Waals surface area contributed by atoms with Crippen molar-refractivity contribution in [2.45, 2.75) is 27.7 Å². The van der Waals surface area contributed by atoms with Crippen LogP contribution in [0.25, 0.3) is 27.7 Å². The van der Waals surface area contributed by atoms with E-state index in [1.165, 1.54) is 5.56 Å². The van der Waals surface area contributed by atoms with Gasteiger partial charge in [-0.3, -0.25) is 4.79 Å². The summed E-state index contributed by atoms with van der Waals surface area (Å²) in [6.45, 7) is 10.4. The third-order valence-electron chi connectivity index (χ3n) is 6.22. The van der Waals surface area contributed by atoms with E-state index < -0.39 is 0 Å². The van der Waals surface area contributed by atoms with Gasteiger partial charge in [0, 0.05) is 54.8 Å². The molecule has 35 heavy (non-hydrogen) atoms. The highest BCUT2D eigenvalue weighted by molar-refractivity contribution is 6.00. The molecule has 0 N–H and O–H groups in total. The predicted molar refractivity (Wildman–Crippen MR) is 136 cm³/mol. The Morgan fingerprint density at radius 3 is 2.34 bits per heavy atom. The standard InChI is InChI=1S/C28H32N2O5/c1-5-33-25-17-26-23(24(18-35-26)21-9-7-19(3)8-10-21)16-22(25)20(4)15-27(31)29-11-13-30(14-12-29)28(32)34-6-2/h7-10,15-18H,5-6,11-14H2,1-4H3/b20-15+. The minimum absolute atomic E-state index is 0.0838. The molecule has 1 aromatic heterocycles. The summed E-state index contributed by atoms with van der Waals surface area (Å²) >= 11 is 0. The zero-order valence-corrected chi connectivity index (χ0v) is 20.8. The molecule has 0 spiro atoms. The Bertz CT molecular complexity index is 1230. The van der Waals surface area contributed by atoms with Crippen LogP contribution in [0.2, 0.25) is 0 Å². The molecule has 0 aliphatic carbocycles. The topological polar surface area (TPSA) is 72.2 Å². The predicted octanol–water partition coefficient (Wildman–Crippen LogP) is 5.51. The molecule has 1 fully saturated rings. The van der Waals surface area contributed by atoms with Gasteiger partial charge in [-0.05, 0) is 44.9 Å². The molecule has 0 unspecified atom stereocenters. The van der Waals surface area contributed by atoms with E-state index in [2.05, 4.69) is 31.2 Å². The van der Waals surface area contributed by atoms with Crippen molar-refractivity contribution in [2.75, 3.05) is 39.4 Å². The second-order valence-electron chi connectivity index (χ2n) is 8.63. The zero-order valence-electron chi connectivity index (χ0n) is 20.8. The fraction of sp³-hybridized carbons (Fsp3) is 0.357. The van der Waals surface area contributed by atoms with Gasteiger partial charge in [0.05, 0.1) is 19.5 Å². The number of carbonyl (C=O) groups excluding carboxylic acids is 2. The molecule has 1 aliphatic heterocycles. The van der Waals surface area contributed by atoms with E-state index in [1.807, 2.05) is 26.0 Å². The fourth-order valence-corrected chi connectivity index (χ4v) is 4.27. The number of amides is 2. The highest BCUT2D eigenvalue weighted by Gasteiger charge is 2.24. The summed E-state index contributed by atoms with van der Waals surface area (Å²) < 4.78 is 16.8. The van der Waals surface area contributed by atoms with Gasteiger partial charge in [-0.15, -0.1) is 0 Å². The van der Waals surface area contributed by atoms with Gasteiger partial charge in [0.2, 0.25) is 5.91 Å². The Labute approximate surface area is 205 Å². The molecular formula is C28H32N2O5. The lowest BCUT2D eigenvalue weighted by molar-refractivity contribution is -0.127. The number of furan rings is 1. The van der Waals surface area contributed by atoms with E-state index in [4.69, 9.17) is 13.9 Å². The van der Waals surface area contributed by atoms with Crippen molar-refractivity contribution in [3.05, 3.63) is 59.9 Å². The lowest BCUT2D eigenvalue weighted by Crippen LogP contribution is -2.50. The minimum atomic E-state index is -0.328. The number of rotatable bonds is 6. The number of aryl methyl sites for hydroxylation is 1. The minimum Gasteiger partial charge on any atom is -0.493 e. The van der Waals surface area contributed by atoms with Crippen LogP contribution in [0.5, 0.6) is 5.75 Å². The summed E-state index contributed by atoms with van der Waals surface area (Å²) in [6, 6.07) is 12.3. The average molecular weight is 477 g/mol. The van der Waals surface area contributed by atoms with Crippen molar-refractivity contribution >= 4 is 28.5 Å². The lowest BCUT2D eigenvalue weighted by atomic mass is 9.98. The van der Waals surface area contributed by atoms with Crippen LogP contribution in [0.3, 0.4) is 0 Å². The van der Waals surface area contributed by atoms with Crippen LogP contribution in [-0.4, -0.2) is 61.2 Å². The molecule has 1 saturated heterocycles. The quantitative estimate of drug-likeness (QED) is 0.439. The first-order valence-electron chi connectivity index (χ1n) is 12.1. The van der Waals surface area contributed by atoms with Crippen LogP contribution in [0.1, 0.15) is 31.9 Å². The van der Waals surface area contributed by atoms with Crippen molar-refractivity contribution in [1.29, 1.82) is 0 Å². The Morgan fingerprint density at radius 1 is 1.00 bits per heavy atom. The van der Waals surface area contributed by atoms with Crippen LogP contribution < -0.4 is 4.74 Å². The van der Waals surface area contributed by atoms with Crippen molar-refractivity contribution in [3.63, 3.8) is 0 Å². The van der Waals surface area contributed by atoms with Crippen LogP contribution in [-0.2, 0) is 9.53 Å². The molecule has 4 rings (SSSR count). The molecule has 7 nitrogen and oxygen atoms in total. The second-order valence-corrected chi connectivity index (χ2v) is 8.63. The zero-order chi connectivity index (χ0) is 24.9. The third kappa shape index (κ3) is 5.34. The average Bonchev–Trinajstić information content (AvgIpc) is 3.27. The Morgan fingerprint density at radius 2 is 1.69 bits per heavy atom. The number of nitrogens with zero attached hydrogens (tertiary/aromatic N) is 2. The van der Waals surface area contributed by atoms with Gasteiger partial charge in [0.15, 0.2) is 0 Å². The van der Waals surface area contributed by atoms with Crippen molar-refractivity contribution in [2.24, 2.45) is 0 Å². The van der Waals surface area contributed by atoms with Gasteiger partial charge in [0.25, 0.3) is 0 Å². The number of benzene rings is 2. The highest BCUT2D eigenvalue weighted by Crippen LogP contribution is 2.37. The van der Waals surface area contributed by atoms with E-state index in [9.17, 15) is 9.59 Å². The third-order valence-corrected chi connectivity index (χ3v) is 6.22. The van der Waals surface area contributed by atoms with Gasteiger partial charge in [0.1, 0.15) is 11.3 Å². The number of fused-ring (bicyclic) bond motifs is 1. The Balaban J connectivity index is 1.60.